The predicted octanol–water partition coefficient (Wildman–Crippen LogP) is 8.36. The van der Waals surface area contributed by atoms with Crippen molar-refractivity contribution >= 4 is 0 Å². The van der Waals surface area contributed by atoms with Crippen LogP contribution >= 0.6 is 0 Å². The van der Waals surface area contributed by atoms with E-state index in [4.69, 9.17) is 4.74 Å². The van der Waals surface area contributed by atoms with E-state index in [1.807, 2.05) is 0 Å². The highest BCUT2D eigenvalue weighted by molar-refractivity contribution is 5.30. The molecule has 3 rings (SSSR count). The summed E-state index contributed by atoms with van der Waals surface area (Å²) in [6.07, 6.45) is 2.84. The van der Waals surface area contributed by atoms with Crippen molar-refractivity contribution in [1.82, 2.24) is 0 Å². The Hall–Kier alpha value is -2.04. The topological polar surface area (TPSA) is 9.23 Å². The zero-order chi connectivity index (χ0) is 21.6. The van der Waals surface area contributed by atoms with E-state index in [1.165, 1.54) is 68.9 Å². The van der Waals surface area contributed by atoms with Crippen LogP contribution in [0, 0.1) is 11.7 Å². The lowest BCUT2D eigenvalue weighted by molar-refractivity contribution is -0.198. The second-order valence-corrected chi connectivity index (χ2v) is 8.35. The first-order valence-electron chi connectivity index (χ1n) is 11.0. The van der Waals surface area contributed by atoms with Crippen molar-refractivity contribution in [3.05, 3.63) is 65.5 Å². The summed E-state index contributed by atoms with van der Waals surface area (Å²) in [5.74, 6) is -0.0153. The first-order valence-corrected chi connectivity index (χ1v) is 11.0. The summed E-state index contributed by atoms with van der Waals surface area (Å²) in [5, 5.41) is 0. The Kier molecular flexibility index (Phi) is 7.79. The molecule has 0 heterocycles. The van der Waals surface area contributed by atoms with Gasteiger partial charge in [0.25, 0.3) is 0 Å². The highest BCUT2D eigenvalue weighted by Crippen LogP contribution is 2.40. The number of halogens is 4. The lowest BCUT2D eigenvalue weighted by atomic mass is 9.77. The van der Waals surface area contributed by atoms with Gasteiger partial charge < -0.3 is 4.74 Å². The molecular weight excluding hydrogens is 392 g/mol. The van der Waals surface area contributed by atoms with E-state index in [0.29, 0.717) is 5.92 Å². The van der Waals surface area contributed by atoms with Gasteiger partial charge in [0.15, 0.2) is 11.6 Å². The van der Waals surface area contributed by atoms with E-state index in [0.717, 1.165) is 30.4 Å². The number of hydrogen-bond acceptors (Lipinski definition) is 1. The van der Waals surface area contributed by atoms with E-state index >= 15 is 0 Å². The normalized spacial score (nSPS) is 20.7. The molecule has 0 bridgehead atoms. The molecule has 1 aliphatic rings. The van der Waals surface area contributed by atoms with Crippen LogP contribution in [0.4, 0.5) is 17.6 Å². The second-order valence-electron chi connectivity index (χ2n) is 8.35. The summed E-state index contributed by atoms with van der Waals surface area (Å²) >= 11 is 0. The van der Waals surface area contributed by atoms with Gasteiger partial charge in [-0.05, 0) is 55.2 Å². The van der Waals surface area contributed by atoms with Gasteiger partial charge in [0.05, 0.1) is 0 Å². The molecule has 0 spiro atoms. The molecule has 1 unspecified atom stereocenters. The minimum absolute atomic E-state index is 0.0113. The minimum Gasteiger partial charge on any atom is -0.473 e. The molecule has 1 saturated carbocycles. The molecule has 0 aromatic heterocycles. The van der Waals surface area contributed by atoms with Crippen molar-refractivity contribution in [2.45, 2.75) is 76.5 Å². The van der Waals surface area contributed by atoms with Crippen molar-refractivity contribution < 1.29 is 22.3 Å². The van der Waals surface area contributed by atoms with Gasteiger partial charge in [-0.2, -0.15) is 13.2 Å². The SMILES string of the molecule is CCCCCC1CCC(c2ccc(C(Oc3ccccc3F)C(F)(F)F)cc2)CC1. The average Bonchev–Trinajstić information content (AvgIpc) is 2.73. The van der Waals surface area contributed by atoms with Crippen LogP contribution in [0.25, 0.3) is 0 Å². The fourth-order valence-corrected chi connectivity index (χ4v) is 4.40. The summed E-state index contributed by atoms with van der Waals surface area (Å²) in [6, 6.07) is 11.7. The van der Waals surface area contributed by atoms with Crippen LogP contribution in [-0.4, -0.2) is 6.18 Å². The van der Waals surface area contributed by atoms with Gasteiger partial charge in [0.1, 0.15) is 0 Å². The maximum Gasteiger partial charge on any atom is 0.429 e. The number of hydrogen-bond donors (Lipinski definition) is 0. The number of unbranched alkanes of at least 4 members (excludes halogenated alkanes) is 2. The Labute approximate surface area is 176 Å². The average molecular weight is 423 g/mol. The fraction of sp³-hybridized carbons (Fsp3) is 0.520. The lowest BCUT2D eigenvalue weighted by Crippen LogP contribution is -2.26. The third-order valence-corrected chi connectivity index (χ3v) is 6.15. The quantitative estimate of drug-likeness (QED) is 0.307. The molecular formula is C25H30F4O. The van der Waals surface area contributed by atoms with Gasteiger partial charge in [-0.1, -0.05) is 69.0 Å². The molecule has 1 atom stereocenters. The van der Waals surface area contributed by atoms with Crippen LogP contribution in [0.2, 0.25) is 0 Å². The summed E-state index contributed by atoms with van der Waals surface area (Å²) in [7, 11) is 0. The third kappa shape index (κ3) is 5.99. The maximum atomic E-state index is 13.8. The largest absolute Gasteiger partial charge is 0.473 e. The first-order chi connectivity index (χ1) is 14.4. The third-order valence-electron chi connectivity index (χ3n) is 6.15. The van der Waals surface area contributed by atoms with Crippen molar-refractivity contribution in [3.63, 3.8) is 0 Å². The number of alkyl halides is 3. The number of rotatable bonds is 8. The van der Waals surface area contributed by atoms with Gasteiger partial charge in [0.2, 0.25) is 6.10 Å². The fourth-order valence-electron chi connectivity index (χ4n) is 4.40. The molecule has 164 valence electrons. The van der Waals surface area contributed by atoms with Gasteiger partial charge >= 0.3 is 6.18 Å². The predicted molar refractivity (Wildman–Crippen MR) is 111 cm³/mol. The summed E-state index contributed by atoms with van der Waals surface area (Å²) < 4.78 is 59.6. The van der Waals surface area contributed by atoms with Crippen LogP contribution in [0.1, 0.15) is 81.4 Å². The molecule has 2 aromatic carbocycles. The highest BCUT2D eigenvalue weighted by Gasteiger charge is 2.43. The molecule has 2 aromatic rings. The molecule has 0 amide bonds. The summed E-state index contributed by atoms with van der Waals surface area (Å²) in [4.78, 5) is 0. The second kappa shape index (κ2) is 10.3. The molecule has 1 fully saturated rings. The number of ether oxygens (including phenoxy) is 1. The van der Waals surface area contributed by atoms with E-state index in [9.17, 15) is 17.6 Å². The molecule has 1 nitrogen and oxygen atoms in total. The van der Waals surface area contributed by atoms with Gasteiger partial charge in [-0.15, -0.1) is 0 Å². The lowest BCUT2D eigenvalue weighted by Gasteiger charge is -2.29. The Morgan fingerprint density at radius 2 is 1.60 bits per heavy atom. The summed E-state index contributed by atoms with van der Waals surface area (Å²) in [5.41, 5.74) is 1.07. The zero-order valence-electron chi connectivity index (χ0n) is 17.4. The molecule has 30 heavy (non-hydrogen) atoms. The van der Waals surface area contributed by atoms with Crippen molar-refractivity contribution in [1.29, 1.82) is 0 Å². The molecule has 0 radical (unpaired) electrons. The van der Waals surface area contributed by atoms with E-state index in [2.05, 4.69) is 6.92 Å². The number of para-hydroxylation sites is 1. The maximum absolute atomic E-state index is 13.8. The summed E-state index contributed by atoms with van der Waals surface area (Å²) in [6.45, 7) is 2.21. The standard InChI is InChI=1S/C25H30F4O/c1-2-3-4-7-18-10-12-19(13-11-18)20-14-16-21(17-15-20)24(25(27,28)29)30-23-9-6-5-8-22(23)26/h5-6,8-9,14-19,24H,2-4,7,10-13H2,1H3. The Bertz CT molecular complexity index is 776. The Morgan fingerprint density at radius 3 is 2.20 bits per heavy atom. The molecule has 0 aliphatic heterocycles. The van der Waals surface area contributed by atoms with Crippen LogP contribution in [0.3, 0.4) is 0 Å². The number of benzene rings is 2. The molecule has 5 heteroatoms. The van der Waals surface area contributed by atoms with E-state index in [-0.39, 0.29) is 5.56 Å². The van der Waals surface area contributed by atoms with Crippen LogP contribution in [0.5, 0.6) is 5.75 Å². The van der Waals surface area contributed by atoms with Crippen LogP contribution in [-0.2, 0) is 0 Å². The smallest absolute Gasteiger partial charge is 0.429 e. The minimum atomic E-state index is -4.64. The van der Waals surface area contributed by atoms with Gasteiger partial charge in [-0.25, -0.2) is 4.39 Å². The van der Waals surface area contributed by atoms with Crippen molar-refractivity contribution in [3.8, 4) is 5.75 Å². The monoisotopic (exact) mass is 422 g/mol. The van der Waals surface area contributed by atoms with Crippen molar-refractivity contribution in [2.24, 2.45) is 5.92 Å². The van der Waals surface area contributed by atoms with Crippen molar-refractivity contribution in [2.75, 3.05) is 0 Å². The zero-order valence-corrected chi connectivity index (χ0v) is 17.4. The van der Waals surface area contributed by atoms with Crippen LogP contribution in [0.15, 0.2) is 48.5 Å². The Balaban J connectivity index is 1.65. The molecule has 0 saturated heterocycles. The highest BCUT2D eigenvalue weighted by atomic mass is 19.4. The van der Waals surface area contributed by atoms with Gasteiger partial charge in [-0.3, -0.25) is 0 Å². The van der Waals surface area contributed by atoms with E-state index in [1.54, 1.807) is 12.1 Å². The first kappa shape index (κ1) is 22.6. The molecule has 1 aliphatic carbocycles. The van der Waals surface area contributed by atoms with Gasteiger partial charge in [0, 0.05) is 5.56 Å². The molecule has 0 N–H and O–H groups in total. The van der Waals surface area contributed by atoms with Crippen LogP contribution < -0.4 is 4.74 Å². The van der Waals surface area contributed by atoms with E-state index < -0.39 is 23.8 Å². The Morgan fingerprint density at radius 1 is 0.933 bits per heavy atom.